The summed E-state index contributed by atoms with van der Waals surface area (Å²) in [6, 6.07) is 12.5. The number of hydrogen-bond donors (Lipinski definition) is 1. The Kier molecular flexibility index (Phi) is 6.77. The second-order valence-corrected chi connectivity index (χ2v) is 9.93. The summed E-state index contributed by atoms with van der Waals surface area (Å²) in [6.07, 6.45) is 12.1. The Hall–Kier alpha value is -3.66. The molecule has 0 saturated heterocycles. The number of allylic oxidation sites excluding steroid dienone is 1. The van der Waals surface area contributed by atoms with Crippen LogP contribution in [-0.4, -0.2) is 23.8 Å². The number of ketones is 2. The van der Waals surface area contributed by atoms with Gasteiger partial charge in [0.05, 0.1) is 13.5 Å². The van der Waals surface area contributed by atoms with Crippen molar-refractivity contribution in [2.45, 2.75) is 51.9 Å². The Morgan fingerprint density at radius 3 is 2.50 bits per heavy atom. The zero-order chi connectivity index (χ0) is 25.2. The van der Waals surface area contributed by atoms with E-state index in [1.165, 1.54) is 40.6 Å². The van der Waals surface area contributed by atoms with Gasteiger partial charge in [0, 0.05) is 18.4 Å². The van der Waals surface area contributed by atoms with E-state index in [1.807, 2.05) is 0 Å². The molecule has 4 nitrogen and oxygen atoms in total. The van der Waals surface area contributed by atoms with Crippen LogP contribution < -0.4 is 4.74 Å². The number of ether oxygens (including phenoxy) is 1. The summed E-state index contributed by atoms with van der Waals surface area (Å²) in [5, 5.41) is 13.6. The third-order valence-electron chi connectivity index (χ3n) is 7.76. The first-order valence-corrected chi connectivity index (χ1v) is 12.9. The number of phenols is 1. The number of aromatic hydroxyl groups is 1. The quantitative estimate of drug-likeness (QED) is 0.316. The van der Waals surface area contributed by atoms with E-state index in [0.717, 1.165) is 42.4 Å². The first-order chi connectivity index (χ1) is 17.5. The molecule has 0 fully saturated rings. The van der Waals surface area contributed by atoms with E-state index < -0.39 is 0 Å². The zero-order valence-electron chi connectivity index (χ0n) is 21.0. The number of rotatable bonds is 2. The Balaban J connectivity index is 1.74. The van der Waals surface area contributed by atoms with Crippen molar-refractivity contribution >= 4 is 40.6 Å². The number of hydrogen-bond acceptors (Lipinski definition) is 4. The van der Waals surface area contributed by atoms with Crippen molar-refractivity contribution in [2.24, 2.45) is 5.92 Å². The summed E-state index contributed by atoms with van der Waals surface area (Å²) in [6.45, 7) is 2.18. The van der Waals surface area contributed by atoms with Gasteiger partial charge in [0.2, 0.25) is 0 Å². The molecule has 3 aromatic carbocycles. The molecule has 2 aliphatic carbocycles. The molecule has 0 heterocycles. The summed E-state index contributed by atoms with van der Waals surface area (Å²) < 4.78 is 5.49. The van der Waals surface area contributed by atoms with Crippen LogP contribution >= 0.6 is 0 Å². The lowest BCUT2D eigenvalue weighted by Gasteiger charge is -2.19. The molecule has 0 amide bonds. The van der Waals surface area contributed by atoms with E-state index >= 15 is 0 Å². The molecule has 0 saturated carbocycles. The molecule has 0 aliphatic heterocycles. The molecule has 0 aromatic heterocycles. The number of phenolic OH excluding ortho intramolecular Hbond substituents is 1. The van der Waals surface area contributed by atoms with Crippen molar-refractivity contribution in [3.05, 3.63) is 75.9 Å². The minimum atomic E-state index is -0.199. The van der Waals surface area contributed by atoms with Gasteiger partial charge in [-0.1, -0.05) is 61.9 Å². The van der Waals surface area contributed by atoms with Gasteiger partial charge in [-0.3, -0.25) is 9.59 Å². The fourth-order valence-electron chi connectivity index (χ4n) is 5.68. The number of benzene rings is 3. The Morgan fingerprint density at radius 2 is 1.69 bits per heavy atom. The van der Waals surface area contributed by atoms with Crippen molar-refractivity contribution < 1.29 is 19.4 Å². The maximum atomic E-state index is 12.6. The molecule has 184 valence electrons. The van der Waals surface area contributed by atoms with Crippen molar-refractivity contribution in [1.82, 2.24) is 0 Å². The standard InChI is InChI=1S/C32H32O4/c1-3-20-8-11-24(33)19-25(34)12-10-22-18-31(36-2)32(35)30-17-23-16-21-6-4-5-7-26(21)29(13-9-20)28(23)15-14-27(22)30/h4-7,10,12,14-16,18,20,35H,3,8-9,11,13,17,19H2,1-2H3. The number of Topliss-reactive ketones (excluding diaryl/α,β-unsaturated/α-hetero) is 1. The predicted octanol–water partition coefficient (Wildman–Crippen LogP) is 6.92. The third kappa shape index (κ3) is 4.60. The van der Waals surface area contributed by atoms with Gasteiger partial charge in [0.1, 0.15) is 5.78 Å². The topological polar surface area (TPSA) is 63.6 Å². The molecule has 5 rings (SSSR count). The van der Waals surface area contributed by atoms with Crippen LogP contribution in [0.15, 0.2) is 42.5 Å². The second kappa shape index (κ2) is 10.1. The number of carbonyl (C=O) groups excluding carboxylic acids is 2. The normalized spacial score (nSPS) is 18.0. The van der Waals surface area contributed by atoms with Gasteiger partial charge >= 0.3 is 0 Å². The molecule has 3 aromatic rings. The number of carbonyl (C=O) groups is 2. The Labute approximate surface area is 212 Å². The minimum Gasteiger partial charge on any atom is -0.504 e. The van der Waals surface area contributed by atoms with Crippen LogP contribution in [-0.2, 0) is 22.4 Å². The van der Waals surface area contributed by atoms with Crippen molar-refractivity contribution in [2.75, 3.05) is 7.11 Å². The second-order valence-electron chi connectivity index (χ2n) is 9.93. The molecule has 2 aliphatic rings. The maximum absolute atomic E-state index is 12.6. The first kappa shape index (κ1) is 24.1. The van der Waals surface area contributed by atoms with Crippen molar-refractivity contribution in [3.8, 4) is 11.5 Å². The van der Waals surface area contributed by atoms with Crippen LogP contribution in [0.5, 0.6) is 11.5 Å². The predicted molar refractivity (Wildman–Crippen MR) is 145 cm³/mol. The lowest BCUT2D eigenvalue weighted by Crippen LogP contribution is -2.09. The van der Waals surface area contributed by atoms with Crippen LogP contribution in [0.2, 0.25) is 0 Å². The average Bonchev–Trinajstić information content (AvgIpc) is 3.07. The minimum absolute atomic E-state index is 0.00302. The maximum Gasteiger partial charge on any atom is 0.163 e. The van der Waals surface area contributed by atoms with Gasteiger partial charge in [-0.15, -0.1) is 0 Å². The molecule has 2 bridgehead atoms. The average molecular weight is 481 g/mol. The number of methoxy groups -OCH3 is 1. The molecule has 0 spiro atoms. The fourth-order valence-corrected chi connectivity index (χ4v) is 5.68. The first-order valence-electron chi connectivity index (χ1n) is 12.9. The highest BCUT2D eigenvalue weighted by atomic mass is 16.5. The van der Waals surface area contributed by atoms with E-state index in [-0.39, 0.29) is 23.7 Å². The summed E-state index contributed by atoms with van der Waals surface area (Å²) in [4.78, 5) is 25.1. The molecule has 36 heavy (non-hydrogen) atoms. The van der Waals surface area contributed by atoms with Gasteiger partial charge in [0.25, 0.3) is 0 Å². The molecule has 4 heteroatoms. The molecule has 1 N–H and O–H groups in total. The van der Waals surface area contributed by atoms with Crippen molar-refractivity contribution in [1.29, 1.82) is 0 Å². The van der Waals surface area contributed by atoms with E-state index in [0.29, 0.717) is 24.5 Å². The number of aryl methyl sites for hydroxylation is 1. The molecule has 1 unspecified atom stereocenters. The van der Waals surface area contributed by atoms with Gasteiger partial charge in [-0.2, -0.15) is 0 Å². The third-order valence-corrected chi connectivity index (χ3v) is 7.76. The summed E-state index contributed by atoms with van der Waals surface area (Å²) in [5.74, 6) is 0.724. The SMILES string of the molecule is CCC1CCC(=O)CC(=O)C=Cc2cc(OC)c(O)c3c2C=Cc2c(cc4ccccc4c2CC1)C3. The summed E-state index contributed by atoms with van der Waals surface area (Å²) in [7, 11) is 1.53. The molecular weight excluding hydrogens is 448 g/mol. The van der Waals surface area contributed by atoms with Crippen LogP contribution in [0.25, 0.3) is 29.0 Å². The lowest BCUT2D eigenvalue weighted by molar-refractivity contribution is -0.124. The summed E-state index contributed by atoms with van der Waals surface area (Å²) in [5.41, 5.74) is 6.13. The highest BCUT2D eigenvalue weighted by molar-refractivity contribution is 6.06. The Morgan fingerprint density at radius 1 is 0.917 bits per heavy atom. The highest BCUT2D eigenvalue weighted by Gasteiger charge is 2.23. The van der Waals surface area contributed by atoms with Gasteiger partial charge in [-0.25, -0.2) is 0 Å². The van der Waals surface area contributed by atoms with E-state index in [2.05, 4.69) is 49.4 Å². The lowest BCUT2D eigenvalue weighted by atomic mass is 9.86. The van der Waals surface area contributed by atoms with Crippen LogP contribution in [0, 0.1) is 5.92 Å². The van der Waals surface area contributed by atoms with Crippen LogP contribution in [0.3, 0.4) is 0 Å². The Bertz CT molecular complexity index is 1410. The number of fused-ring (bicyclic) bond motifs is 2. The van der Waals surface area contributed by atoms with Gasteiger partial charge in [0.15, 0.2) is 17.3 Å². The summed E-state index contributed by atoms with van der Waals surface area (Å²) >= 11 is 0. The largest absolute Gasteiger partial charge is 0.504 e. The van der Waals surface area contributed by atoms with Gasteiger partial charge < -0.3 is 9.84 Å². The van der Waals surface area contributed by atoms with Crippen LogP contribution in [0.1, 0.15) is 72.4 Å². The van der Waals surface area contributed by atoms with E-state index in [9.17, 15) is 14.7 Å². The zero-order valence-corrected chi connectivity index (χ0v) is 21.0. The van der Waals surface area contributed by atoms with Crippen molar-refractivity contribution in [3.63, 3.8) is 0 Å². The van der Waals surface area contributed by atoms with Gasteiger partial charge in [-0.05, 0) is 75.9 Å². The monoisotopic (exact) mass is 480 g/mol. The smallest absolute Gasteiger partial charge is 0.163 e. The molecule has 0 radical (unpaired) electrons. The fraction of sp³-hybridized carbons (Fsp3) is 0.312. The van der Waals surface area contributed by atoms with E-state index in [4.69, 9.17) is 4.74 Å². The molecular formula is C32H32O4. The molecule has 1 atom stereocenters. The van der Waals surface area contributed by atoms with Crippen LogP contribution in [0.4, 0.5) is 0 Å². The highest BCUT2D eigenvalue weighted by Crippen LogP contribution is 2.42. The van der Waals surface area contributed by atoms with E-state index in [1.54, 1.807) is 12.1 Å².